The molecule has 0 saturated heterocycles. The van der Waals surface area contributed by atoms with Crippen molar-refractivity contribution < 1.29 is 4.74 Å². The standard InChI is InChI=1S/C15H17NO/c1-15(2,3)16(17)11-12-7-9-13-5-4-6-14(13)10-8-12/h4-11H,1-3H3. The Bertz CT molecular complexity index is 492. The minimum atomic E-state index is -0.400. The highest BCUT2D eigenvalue weighted by Crippen LogP contribution is 2.21. The first kappa shape index (κ1) is 11.6. The second kappa shape index (κ2) is 4.21. The van der Waals surface area contributed by atoms with E-state index >= 15 is 0 Å². The van der Waals surface area contributed by atoms with Crippen LogP contribution >= 0.6 is 0 Å². The molecule has 0 aliphatic heterocycles. The van der Waals surface area contributed by atoms with Gasteiger partial charge in [0.05, 0.1) is 0 Å². The molecule has 0 saturated carbocycles. The zero-order valence-electron chi connectivity index (χ0n) is 10.5. The fourth-order valence-electron chi connectivity index (χ4n) is 1.59. The van der Waals surface area contributed by atoms with Gasteiger partial charge < -0.3 is 5.21 Å². The van der Waals surface area contributed by atoms with Crippen molar-refractivity contribution in [1.29, 1.82) is 0 Å². The van der Waals surface area contributed by atoms with Crippen molar-refractivity contribution in [3.8, 4) is 11.1 Å². The number of hydroxylamine groups is 1. The molecule has 0 radical (unpaired) electrons. The van der Waals surface area contributed by atoms with Crippen LogP contribution in [0.25, 0.3) is 11.1 Å². The number of hydrogen-bond acceptors (Lipinski definition) is 1. The van der Waals surface area contributed by atoms with Gasteiger partial charge >= 0.3 is 0 Å². The monoisotopic (exact) mass is 227 g/mol. The zero-order valence-corrected chi connectivity index (χ0v) is 10.5. The fraction of sp³-hybridized carbons (Fsp3) is 0.267. The van der Waals surface area contributed by atoms with Crippen LogP contribution in [0, 0.1) is 5.21 Å². The summed E-state index contributed by atoms with van der Waals surface area (Å²) in [5, 5.41) is 11.8. The quantitative estimate of drug-likeness (QED) is 0.317. The molecule has 0 aromatic heterocycles. The molecule has 0 atom stereocenters. The van der Waals surface area contributed by atoms with Gasteiger partial charge in [0.15, 0.2) is 11.8 Å². The molecule has 2 aliphatic carbocycles. The van der Waals surface area contributed by atoms with E-state index in [9.17, 15) is 5.21 Å². The van der Waals surface area contributed by atoms with Crippen molar-refractivity contribution >= 4 is 6.21 Å². The van der Waals surface area contributed by atoms with Crippen LogP contribution in [0.1, 0.15) is 26.3 Å². The summed E-state index contributed by atoms with van der Waals surface area (Å²) in [4.78, 5) is 0. The summed E-state index contributed by atoms with van der Waals surface area (Å²) in [6.07, 6.45) is 1.64. The highest BCUT2D eigenvalue weighted by Gasteiger charge is 2.17. The topological polar surface area (TPSA) is 26.1 Å². The molecule has 0 heterocycles. The van der Waals surface area contributed by atoms with Gasteiger partial charge in [-0.3, -0.25) is 0 Å². The number of nitrogens with zero attached hydrogens (tertiary/aromatic N) is 1. The zero-order chi connectivity index (χ0) is 12.5. The van der Waals surface area contributed by atoms with E-state index in [0.29, 0.717) is 0 Å². The normalized spacial score (nSPS) is 13.0. The van der Waals surface area contributed by atoms with Gasteiger partial charge in [-0.2, -0.15) is 0 Å². The molecule has 88 valence electrons. The molecule has 0 fully saturated rings. The average Bonchev–Trinajstić information content (AvgIpc) is 2.60. The lowest BCUT2D eigenvalue weighted by Gasteiger charge is -2.18. The third-order valence-electron chi connectivity index (χ3n) is 2.72. The van der Waals surface area contributed by atoms with E-state index in [1.54, 1.807) is 6.21 Å². The third kappa shape index (κ3) is 2.64. The third-order valence-corrected chi connectivity index (χ3v) is 2.72. The van der Waals surface area contributed by atoms with Gasteiger partial charge in [-0.25, -0.2) is 4.74 Å². The van der Waals surface area contributed by atoms with Crippen LogP contribution < -0.4 is 0 Å². The first-order chi connectivity index (χ1) is 7.97. The van der Waals surface area contributed by atoms with E-state index < -0.39 is 5.54 Å². The maximum Gasteiger partial charge on any atom is 0.182 e. The highest BCUT2D eigenvalue weighted by molar-refractivity contribution is 5.78. The van der Waals surface area contributed by atoms with E-state index in [0.717, 1.165) is 10.3 Å². The second-order valence-electron chi connectivity index (χ2n) is 5.23. The molecule has 0 N–H and O–H groups in total. The van der Waals surface area contributed by atoms with E-state index in [1.807, 2.05) is 51.1 Å². The molecule has 2 heteroatoms. The van der Waals surface area contributed by atoms with Crippen LogP contribution in [0.3, 0.4) is 0 Å². The predicted octanol–water partition coefficient (Wildman–Crippen LogP) is 3.52. The molecule has 0 unspecified atom stereocenters. The van der Waals surface area contributed by atoms with Gasteiger partial charge in [0.1, 0.15) is 0 Å². The van der Waals surface area contributed by atoms with Gasteiger partial charge in [0.25, 0.3) is 0 Å². The van der Waals surface area contributed by atoms with Gasteiger partial charge in [-0.05, 0) is 23.3 Å². The Morgan fingerprint density at radius 3 is 1.94 bits per heavy atom. The summed E-state index contributed by atoms with van der Waals surface area (Å²) in [5.41, 5.74) is 2.91. The van der Waals surface area contributed by atoms with E-state index in [-0.39, 0.29) is 0 Å². The van der Waals surface area contributed by atoms with Crippen molar-refractivity contribution in [2.75, 3.05) is 0 Å². The molecule has 2 aliphatic rings. The maximum atomic E-state index is 11.8. The summed E-state index contributed by atoms with van der Waals surface area (Å²) in [6.45, 7) is 5.70. The van der Waals surface area contributed by atoms with Gasteiger partial charge in [-0.15, -0.1) is 0 Å². The summed E-state index contributed by atoms with van der Waals surface area (Å²) >= 11 is 0. The smallest absolute Gasteiger partial charge is 0.182 e. The Kier molecular flexibility index (Phi) is 2.88. The first-order valence-corrected chi connectivity index (χ1v) is 5.77. The van der Waals surface area contributed by atoms with Crippen LogP contribution in [0.15, 0.2) is 42.5 Å². The van der Waals surface area contributed by atoms with E-state index in [4.69, 9.17) is 0 Å². The summed E-state index contributed by atoms with van der Waals surface area (Å²) in [7, 11) is 0. The lowest BCUT2D eigenvalue weighted by Crippen LogP contribution is -2.29. The lowest BCUT2D eigenvalue weighted by atomic mass is 10.1. The Hall–Kier alpha value is -1.83. The summed E-state index contributed by atoms with van der Waals surface area (Å²) < 4.78 is 0.993. The van der Waals surface area contributed by atoms with Crippen molar-refractivity contribution in [1.82, 2.24) is 0 Å². The van der Waals surface area contributed by atoms with E-state index in [1.165, 1.54) is 11.1 Å². The molecule has 2 nitrogen and oxygen atoms in total. The number of fused-ring (bicyclic) bond motifs is 1. The summed E-state index contributed by atoms with van der Waals surface area (Å²) in [6, 6.07) is 14.2. The Morgan fingerprint density at radius 2 is 1.47 bits per heavy atom. The Balaban J connectivity index is 2.41. The van der Waals surface area contributed by atoms with Gasteiger partial charge in [0, 0.05) is 26.3 Å². The number of hydrogen-bond donors (Lipinski definition) is 0. The fourth-order valence-corrected chi connectivity index (χ4v) is 1.59. The Labute approximate surface area is 102 Å². The van der Waals surface area contributed by atoms with Crippen LogP contribution in [-0.4, -0.2) is 16.5 Å². The molecule has 0 aromatic carbocycles. The first-order valence-electron chi connectivity index (χ1n) is 5.77. The average molecular weight is 227 g/mol. The molecule has 17 heavy (non-hydrogen) atoms. The van der Waals surface area contributed by atoms with Crippen LogP contribution in [-0.2, 0) is 0 Å². The van der Waals surface area contributed by atoms with Crippen molar-refractivity contribution in [3.63, 3.8) is 0 Å². The van der Waals surface area contributed by atoms with E-state index in [2.05, 4.69) is 12.1 Å². The minimum Gasteiger partial charge on any atom is -0.623 e. The Morgan fingerprint density at radius 1 is 0.941 bits per heavy atom. The van der Waals surface area contributed by atoms with Crippen LogP contribution in [0.2, 0.25) is 0 Å². The van der Waals surface area contributed by atoms with Crippen molar-refractivity contribution in [2.24, 2.45) is 0 Å². The second-order valence-corrected chi connectivity index (χ2v) is 5.23. The lowest BCUT2D eigenvalue weighted by molar-refractivity contribution is -0.530. The largest absolute Gasteiger partial charge is 0.623 e. The molecule has 0 aromatic rings. The maximum absolute atomic E-state index is 11.8. The predicted molar refractivity (Wildman–Crippen MR) is 71.6 cm³/mol. The summed E-state index contributed by atoms with van der Waals surface area (Å²) in [5.74, 6) is 0. The molecular formula is C15H17NO. The molecule has 2 rings (SSSR count). The highest BCUT2D eigenvalue weighted by atomic mass is 16.5. The minimum absolute atomic E-state index is 0.400. The molecule has 0 bridgehead atoms. The van der Waals surface area contributed by atoms with Crippen LogP contribution in [0.4, 0.5) is 0 Å². The van der Waals surface area contributed by atoms with Crippen molar-refractivity contribution in [3.05, 3.63) is 53.2 Å². The molecule has 0 amide bonds. The van der Waals surface area contributed by atoms with Gasteiger partial charge in [0.2, 0.25) is 0 Å². The molecular weight excluding hydrogens is 210 g/mol. The molecule has 0 spiro atoms. The van der Waals surface area contributed by atoms with Crippen molar-refractivity contribution in [2.45, 2.75) is 26.3 Å². The SMILES string of the molecule is CC(C)(C)[N+]([O-])=Cc1ccc2cccc-2cc1. The van der Waals surface area contributed by atoms with Gasteiger partial charge in [-0.1, -0.05) is 30.3 Å². The van der Waals surface area contributed by atoms with Crippen LogP contribution in [0.5, 0.6) is 0 Å². The number of rotatable bonds is 1.